The SMILES string of the molecule is O=C(O)[C@@H]1CC[C@H](C(=O)NCCc2cc(C(F)(F)F)ccn2)C1. The summed E-state index contributed by atoms with van der Waals surface area (Å²) in [6, 6.07) is 1.86. The van der Waals surface area contributed by atoms with E-state index >= 15 is 0 Å². The number of nitrogens with zero attached hydrogens (tertiary/aromatic N) is 1. The number of amides is 1. The van der Waals surface area contributed by atoms with Crippen LogP contribution < -0.4 is 5.32 Å². The Hall–Kier alpha value is -2.12. The number of carbonyl (C=O) groups is 2. The maximum Gasteiger partial charge on any atom is 0.416 e. The molecule has 0 spiro atoms. The number of hydrogen-bond donors (Lipinski definition) is 2. The Balaban J connectivity index is 1.81. The average molecular weight is 330 g/mol. The number of carboxylic acid groups (broad SMARTS) is 1. The monoisotopic (exact) mass is 330 g/mol. The predicted octanol–water partition coefficient (Wildman–Crippen LogP) is 2.26. The minimum absolute atomic E-state index is 0.168. The minimum Gasteiger partial charge on any atom is -0.481 e. The molecule has 2 N–H and O–H groups in total. The van der Waals surface area contributed by atoms with Gasteiger partial charge in [0.25, 0.3) is 0 Å². The molecular weight excluding hydrogens is 313 g/mol. The van der Waals surface area contributed by atoms with Gasteiger partial charge in [0.05, 0.1) is 11.5 Å². The van der Waals surface area contributed by atoms with Crippen molar-refractivity contribution >= 4 is 11.9 Å². The van der Waals surface area contributed by atoms with Crippen molar-refractivity contribution in [2.24, 2.45) is 11.8 Å². The van der Waals surface area contributed by atoms with Gasteiger partial charge in [0.15, 0.2) is 0 Å². The van der Waals surface area contributed by atoms with Crippen LogP contribution in [0, 0.1) is 11.8 Å². The second-order valence-electron chi connectivity index (χ2n) is 5.62. The van der Waals surface area contributed by atoms with Gasteiger partial charge in [-0.1, -0.05) is 0 Å². The maximum atomic E-state index is 12.6. The number of alkyl halides is 3. The number of rotatable bonds is 5. The predicted molar refractivity (Wildman–Crippen MR) is 74.4 cm³/mol. The molecule has 0 saturated heterocycles. The highest BCUT2D eigenvalue weighted by Gasteiger charge is 2.33. The van der Waals surface area contributed by atoms with Gasteiger partial charge in [0, 0.05) is 30.8 Å². The van der Waals surface area contributed by atoms with Crippen molar-refractivity contribution in [1.29, 1.82) is 0 Å². The maximum absolute atomic E-state index is 12.6. The number of carbonyl (C=O) groups excluding carboxylic acids is 1. The summed E-state index contributed by atoms with van der Waals surface area (Å²) >= 11 is 0. The quantitative estimate of drug-likeness (QED) is 0.868. The van der Waals surface area contributed by atoms with Gasteiger partial charge in [-0.3, -0.25) is 14.6 Å². The van der Waals surface area contributed by atoms with Crippen LogP contribution in [0.1, 0.15) is 30.5 Å². The first-order chi connectivity index (χ1) is 10.8. The highest BCUT2D eigenvalue weighted by molar-refractivity contribution is 5.80. The number of aromatic nitrogens is 1. The molecule has 1 amide bonds. The number of pyridine rings is 1. The van der Waals surface area contributed by atoms with E-state index in [1.165, 1.54) is 0 Å². The summed E-state index contributed by atoms with van der Waals surface area (Å²) in [7, 11) is 0. The Morgan fingerprint density at radius 1 is 1.30 bits per heavy atom. The highest BCUT2D eigenvalue weighted by atomic mass is 19.4. The van der Waals surface area contributed by atoms with E-state index in [4.69, 9.17) is 5.11 Å². The van der Waals surface area contributed by atoms with Crippen LogP contribution in [0.5, 0.6) is 0 Å². The lowest BCUT2D eigenvalue weighted by atomic mass is 10.0. The third-order valence-corrected chi connectivity index (χ3v) is 3.98. The first-order valence-corrected chi connectivity index (χ1v) is 7.30. The zero-order valence-corrected chi connectivity index (χ0v) is 12.3. The molecule has 0 aliphatic heterocycles. The molecule has 1 aromatic heterocycles. The Labute approximate surface area is 130 Å². The minimum atomic E-state index is -4.42. The largest absolute Gasteiger partial charge is 0.481 e. The Morgan fingerprint density at radius 2 is 2.00 bits per heavy atom. The van der Waals surface area contributed by atoms with Gasteiger partial charge < -0.3 is 10.4 Å². The summed E-state index contributed by atoms with van der Waals surface area (Å²) < 4.78 is 37.7. The number of carboxylic acids is 1. The summed E-state index contributed by atoms with van der Waals surface area (Å²) in [5.41, 5.74) is -0.524. The van der Waals surface area contributed by atoms with E-state index in [0.29, 0.717) is 19.3 Å². The summed E-state index contributed by atoms with van der Waals surface area (Å²) in [4.78, 5) is 26.6. The first-order valence-electron chi connectivity index (χ1n) is 7.30. The molecule has 0 bridgehead atoms. The second-order valence-corrected chi connectivity index (χ2v) is 5.62. The van der Waals surface area contributed by atoms with Gasteiger partial charge in [-0.25, -0.2) is 0 Å². The molecule has 0 aromatic carbocycles. The van der Waals surface area contributed by atoms with Gasteiger partial charge in [-0.15, -0.1) is 0 Å². The fourth-order valence-corrected chi connectivity index (χ4v) is 2.69. The fraction of sp³-hybridized carbons (Fsp3) is 0.533. The molecule has 1 heterocycles. The van der Waals surface area contributed by atoms with Crippen molar-refractivity contribution in [2.75, 3.05) is 6.54 Å². The second kappa shape index (κ2) is 6.97. The van der Waals surface area contributed by atoms with Gasteiger partial charge in [0.1, 0.15) is 0 Å². The van der Waals surface area contributed by atoms with Gasteiger partial charge in [-0.05, 0) is 31.4 Å². The van der Waals surface area contributed by atoms with Gasteiger partial charge in [0.2, 0.25) is 5.91 Å². The normalized spacial score (nSPS) is 21.2. The molecule has 1 aromatic rings. The summed E-state index contributed by atoms with van der Waals surface area (Å²) in [6.45, 7) is 0.168. The zero-order valence-electron chi connectivity index (χ0n) is 12.3. The molecule has 5 nitrogen and oxygen atoms in total. The fourth-order valence-electron chi connectivity index (χ4n) is 2.69. The van der Waals surface area contributed by atoms with E-state index in [9.17, 15) is 22.8 Å². The lowest BCUT2D eigenvalue weighted by molar-refractivity contribution is -0.141. The lowest BCUT2D eigenvalue weighted by Gasteiger charge is -2.11. The molecule has 23 heavy (non-hydrogen) atoms. The van der Waals surface area contributed by atoms with Crippen LogP contribution in [-0.4, -0.2) is 28.5 Å². The zero-order chi connectivity index (χ0) is 17.0. The Morgan fingerprint density at radius 3 is 2.61 bits per heavy atom. The van der Waals surface area contributed by atoms with E-state index in [0.717, 1.165) is 18.3 Å². The molecular formula is C15H17F3N2O3. The number of nitrogens with one attached hydrogen (secondary N) is 1. The van der Waals surface area contributed by atoms with Crippen LogP contribution >= 0.6 is 0 Å². The Kier molecular flexibility index (Phi) is 5.23. The third-order valence-electron chi connectivity index (χ3n) is 3.98. The van der Waals surface area contributed by atoms with Crippen molar-refractivity contribution in [3.63, 3.8) is 0 Å². The van der Waals surface area contributed by atoms with Crippen LogP contribution in [0.2, 0.25) is 0 Å². The summed E-state index contributed by atoms with van der Waals surface area (Å²) in [6.07, 6.45) is -1.84. The van der Waals surface area contributed by atoms with Gasteiger partial charge >= 0.3 is 12.1 Å². The molecule has 8 heteroatoms. The molecule has 1 aliphatic rings. The van der Waals surface area contributed by atoms with Crippen molar-refractivity contribution in [3.8, 4) is 0 Å². The van der Waals surface area contributed by atoms with Crippen LogP contribution in [0.15, 0.2) is 18.3 Å². The van der Waals surface area contributed by atoms with Crippen molar-refractivity contribution in [3.05, 3.63) is 29.6 Å². The first kappa shape index (κ1) is 17.2. The molecule has 2 rings (SSSR count). The van der Waals surface area contributed by atoms with Crippen LogP contribution in [0.4, 0.5) is 13.2 Å². The molecule has 126 valence electrons. The topological polar surface area (TPSA) is 79.3 Å². The van der Waals surface area contributed by atoms with E-state index in [1.54, 1.807) is 0 Å². The molecule has 1 saturated carbocycles. The third kappa shape index (κ3) is 4.67. The number of hydrogen-bond acceptors (Lipinski definition) is 3. The molecule has 1 fully saturated rings. The van der Waals surface area contributed by atoms with Gasteiger partial charge in [-0.2, -0.15) is 13.2 Å². The standard InChI is InChI=1S/C15H17F3N2O3/c16-15(17,18)11-3-5-19-12(8-11)4-6-20-13(21)9-1-2-10(7-9)14(22)23/h3,5,8-10H,1-2,4,6-7H2,(H,20,21)(H,22,23)/t9-,10+/m0/s1. The number of aliphatic carboxylic acids is 1. The Bertz CT molecular complexity index is 590. The van der Waals surface area contributed by atoms with E-state index < -0.39 is 23.6 Å². The smallest absolute Gasteiger partial charge is 0.416 e. The van der Waals surface area contributed by atoms with Crippen LogP contribution in [0.3, 0.4) is 0 Å². The van der Waals surface area contributed by atoms with Crippen molar-refractivity contribution in [1.82, 2.24) is 10.3 Å². The van der Waals surface area contributed by atoms with E-state index in [-0.39, 0.29) is 30.5 Å². The molecule has 1 aliphatic carbocycles. The van der Waals surface area contributed by atoms with Crippen LogP contribution in [0.25, 0.3) is 0 Å². The highest BCUT2D eigenvalue weighted by Crippen LogP contribution is 2.31. The van der Waals surface area contributed by atoms with E-state index in [2.05, 4.69) is 10.3 Å². The molecule has 0 radical (unpaired) electrons. The molecule has 0 unspecified atom stereocenters. The summed E-state index contributed by atoms with van der Waals surface area (Å²) in [5.74, 6) is -1.98. The van der Waals surface area contributed by atoms with E-state index in [1.807, 2.05) is 0 Å². The molecule has 2 atom stereocenters. The van der Waals surface area contributed by atoms with Crippen molar-refractivity contribution < 1.29 is 27.9 Å². The number of halogens is 3. The van der Waals surface area contributed by atoms with Crippen LogP contribution in [-0.2, 0) is 22.2 Å². The summed E-state index contributed by atoms with van der Waals surface area (Å²) in [5, 5.41) is 11.5. The van der Waals surface area contributed by atoms with Crippen molar-refractivity contribution in [2.45, 2.75) is 31.9 Å². The average Bonchev–Trinajstić information content (AvgIpc) is 2.97. The lowest BCUT2D eigenvalue weighted by Crippen LogP contribution is -2.31.